The molecule has 9 heteroatoms. The number of nitrogens with zero attached hydrogens (tertiary/aromatic N) is 1. The van der Waals surface area contributed by atoms with Gasteiger partial charge < -0.3 is 14.8 Å². The molecular weight excluding hydrogens is 420 g/mol. The molecule has 2 heterocycles. The number of fused-ring (bicyclic) bond motifs is 2. The molecule has 0 aromatic heterocycles. The van der Waals surface area contributed by atoms with Crippen LogP contribution in [0.15, 0.2) is 47.4 Å². The molecule has 1 atom stereocenters. The van der Waals surface area contributed by atoms with E-state index >= 15 is 0 Å². The lowest BCUT2D eigenvalue weighted by Crippen LogP contribution is -2.42. The maximum absolute atomic E-state index is 12.8. The van der Waals surface area contributed by atoms with Crippen LogP contribution in [0, 0.1) is 5.92 Å². The fourth-order valence-corrected chi connectivity index (χ4v) is 5.27. The predicted molar refractivity (Wildman–Crippen MR) is 112 cm³/mol. The molecule has 2 aromatic rings. The first kappa shape index (κ1) is 21.2. The third-order valence-corrected chi connectivity index (χ3v) is 7.10. The van der Waals surface area contributed by atoms with E-state index in [1.807, 2.05) is 32.0 Å². The van der Waals surface area contributed by atoms with E-state index in [0.29, 0.717) is 29.0 Å². The normalized spacial score (nSPS) is 17.8. The molecule has 1 unspecified atom stereocenters. The fraction of sp³-hybridized carbons (Fsp3) is 0.364. The molecule has 8 nitrogen and oxygen atoms in total. The van der Waals surface area contributed by atoms with E-state index in [-0.39, 0.29) is 16.4 Å². The van der Waals surface area contributed by atoms with Crippen LogP contribution in [-0.2, 0) is 14.8 Å². The minimum absolute atomic E-state index is 0.0109. The largest absolute Gasteiger partial charge is 0.490 e. The highest BCUT2D eigenvalue weighted by atomic mass is 32.2. The van der Waals surface area contributed by atoms with E-state index in [4.69, 9.17) is 9.47 Å². The van der Waals surface area contributed by atoms with Crippen LogP contribution >= 0.6 is 0 Å². The van der Waals surface area contributed by atoms with Gasteiger partial charge in [0.05, 0.1) is 24.8 Å². The van der Waals surface area contributed by atoms with Crippen molar-refractivity contribution in [2.24, 2.45) is 5.92 Å². The summed E-state index contributed by atoms with van der Waals surface area (Å²) in [5.74, 6) is 0.0269. The molecule has 4 rings (SSSR count). The number of amides is 2. The van der Waals surface area contributed by atoms with Gasteiger partial charge in [-0.1, -0.05) is 32.0 Å². The van der Waals surface area contributed by atoms with Crippen molar-refractivity contribution in [3.63, 3.8) is 0 Å². The van der Waals surface area contributed by atoms with Gasteiger partial charge in [0, 0.05) is 6.42 Å². The van der Waals surface area contributed by atoms with Gasteiger partial charge in [-0.15, -0.1) is 0 Å². The van der Waals surface area contributed by atoms with Gasteiger partial charge in [0.2, 0.25) is 5.91 Å². The van der Waals surface area contributed by atoms with Crippen LogP contribution < -0.4 is 14.8 Å². The van der Waals surface area contributed by atoms with Gasteiger partial charge in [0.1, 0.15) is 11.4 Å². The number of benzene rings is 2. The Morgan fingerprint density at radius 2 is 1.81 bits per heavy atom. The average Bonchev–Trinajstić information content (AvgIpc) is 2.90. The fourth-order valence-electron chi connectivity index (χ4n) is 3.75. The molecule has 0 aliphatic carbocycles. The minimum Gasteiger partial charge on any atom is -0.490 e. The molecule has 31 heavy (non-hydrogen) atoms. The third-order valence-electron chi connectivity index (χ3n) is 5.31. The molecule has 0 radical (unpaired) electrons. The number of hydrogen-bond donors (Lipinski definition) is 1. The number of rotatable bonds is 5. The quantitative estimate of drug-likeness (QED) is 0.760. The zero-order valence-corrected chi connectivity index (χ0v) is 18.1. The summed E-state index contributed by atoms with van der Waals surface area (Å²) in [5.41, 5.74) is 0.894. The van der Waals surface area contributed by atoms with Crippen molar-refractivity contribution in [3.8, 4) is 11.5 Å². The first-order valence-corrected chi connectivity index (χ1v) is 11.6. The molecule has 2 amide bonds. The van der Waals surface area contributed by atoms with Crippen molar-refractivity contribution in [1.29, 1.82) is 0 Å². The molecule has 2 aromatic carbocycles. The van der Waals surface area contributed by atoms with Crippen molar-refractivity contribution < 1.29 is 27.5 Å². The van der Waals surface area contributed by atoms with Gasteiger partial charge in [0.25, 0.3) is 15.9 Å². The molecule has 0 bridgehead atoms. The lowest BCUT2D eigenvalue weighted by Gasteiger charge is -2.25. The van der Waals surface area contributed by atoms with Crippen molar-refractivity contribution in [1.82, 2.24) is 9.62 Å². The van der Waals surface area contributed by atoms with Gasteiger partial charge in [-0.05, 0) is 35.7 Å². The Balaban J connectivity index is 1.53. The zero-order chi connectivity index (χ0) is 22.2. The van der Waals surface area contributed by atoms with E-state index in [0.717, 1.165) is 12.0 Å². The van der Waals surface area contributed by atoms with E-state index in [1.54, 1.807) is 12.1 Å². The molecule has 2 aliphatic heterocycles. The molecule has 0 fully saturated rings. The Labute approximate surface area is 181 Å². The minimum atomic E-state index is -4.04. The van der Waals surface area contributed by atoms with Crippen molar-refractivity contribution in [2.75, 3.05) is 19.8 Å². The second-order valence-corrected chi connectivity index (χ2v) is 9.69. The van der Waals surface area contributed by atoms with Crippen LogP contribution in [0.3, 0.4) is 0 Å². The molecule has 164 valence electrons. The maximum Gasteiger partial charge on any atom is 0.269 e. The number of carbonyl (C=O) groups is 2. The van der Waals surface area contributed by atoms with Gasteiger partial charge >= 0.3 is 0 Å². The van der Waals surface area contributed by atoms with Gasteiger partial charge in [-0.3, -0.25) is 9.59 Å². The zero-order valence-electron chi connectivity index (χ0n) is 17.3. The molecule has 0 saturated carbocycles. The molecule has 0 saturated heterocycles. The van der Waals surface area contributed by atoms with Crippen LogP contribution in [0.25, 0.3) is 0 Å². The van der Waals surface area contributed by atoms with Crippen LogP contribution in [0.5, 0.6) is 11.5 Å². The first-order chi connectivity index (χ1) is 14.8. The number of hydrogen-bond acceptors (Lipinski definition) is 6. The summed E-state index contributed by atoms with van der Waals surface area (Å²) in [6.07, 6.45) is 0.787. The first-order valence-electron chi connectivity index (χ1n) is 10.1. The number of sulfonamides is 1. The Morgan fingerprint density at radius 1 is 1.10 bits per heavy atom. The van der Waals surface area contributed by atoms with Gasteiger partial charge in [0.15, 0.2) is 11.5 Å². The second-order valence-electron chi connectivity index (χ2n) is 7.86. The summed E-state index contributed by atoms with van der Waals surface area (Å²) >= 11 is 0. The Bertz CT molecular complexity index is 1130. The molecule has 2 aliphatic rings. The number of carbonyl (C=O) groups excluding carboxylic acids is 2. The van der Waals surface area contributed by atoms with E-state index in [2.05, 4.69) is 5.32 Å². The smallest absolute Gasteiger partial charge is 0.269 e. The number of nitrogens with one attached hydrogen (secondary N) is 1. The van der Waals surface area contributed by atoms with E-state index in [9.17, 15) is 18.0 Å². The van der Waals surface area contributed by atoms with Crippen LogP contribution in [-0.4, -0.2) is 44.3 Å². The van der Waals surface area contributed by atoms with E-state index < -0.39 is 34.4 Å². The molecular formula is C22H24N2O6S. The lowest BCUT2D eigenvalue weighted by molar-refractivity contribution is -0.122. The Kier molecular flexibility index (Phi) is 5.62. The summed E-state index contributed by atoms with van der Waals surface area (Å²) in [6.45, 7) is 4.44. The third kappa shape index (κ3) is 3.97. The van der Waals surface area contributed by atoms with Crippen LogP contribution in [0.2, 0.25) is 0 Å². The lowest BCUT2D eigenvalue weighted by atomic mass is 9.95. The predicted octanol–water partition coefficient (Wildman–Crippen LogP) is 2.51. The summed E-state index contributed by atoms with van der Waals surface area (Å²) in [5, 5.41) is 2.87. The van der Waals surface area contributed by atoms with Crippen molar-refractivity contribution in [3.05, 3.63) is 53.6 Å². The topological polar surface area (TPSA) is 102 Å². The monoisotopic (exact) mass is 444 g/mol. The van der Waals surface area contributed by atoms with Gasteiger partial charge in [-0.25, -0.2) is 12.7 Å². The van der Waals surface area contributed by atoms with Gasteiger partial charge in [-0.2, -0.15) is 0 Å². The van der Waals surface area contributed by atoms with Crippen LogP contribution in [0.1, 0.15) is 42.2 Å². The van der Waals surface area contributed by atoms with Crippen molar-refractivity contribution in [2.45, 2.75) is 31.2 Å². The summed E-state index contributed by atoms with van der Waals surface area (Å²) in [6, 6.07) is 11.1. The Hall–Kier alpha value is -3.07. The SMILES string of the molecule is CC(C)C(NC(=O)CN1C(=O)c2ccccc2S1(=O)=O)c1ccc2c(c1)OCCCO2. The standard InChI is InChI=1S/C22H24N2O6S/c1-14(2)21(15-8-9-17-18(12-15)30-11-5-10-29-17)23-20(25)13-24-22(26)16-6-3-4-7-19(16)31(24,27)28/h3-4,6-9,12,14,21H,5,10-11,13H2,1-2H3,(H,23,25). The summed E-state index contributed by atoms with van der Waals surface area (Å²) < 4.78 is 37.4. The van der Waals surface area contributed by atoms with Crippen LogP contribution in [0.4, 0.5) is 0 Å². The highest BCUT2D eigenvalue weighted by Gasteiger charge is 2.42. The van der Waals surface area contributed by atoms with Crippen molar-refractivity contribution >= 4 is 21.8 Å². The average molecular weight is 445 g/mol. The summed E-state index contributed by atoms with van der Waals surface area (Å²) in [4.78, 5) is 25.3. The van der Waals surface area contributed by atoms with E-state index in [1.165, 1.54) is 12.1 Å². The highest BCUT2D eigenvalue weighted by Crippen LogP contribution is 2.34. The highest BCUT2D eigenvalue weighted by molar-refractivity contribution is 7.90. The summed E-state index contributed by atoms with van der Waals surface area (Å²) in [7, 11) is -4.04. The second kappa shape index (κ2) is 8.22. The molecule has 1 N–H and O–H groups in total. The molecule has 0 spiro atoms. The Morgan fingerprint density at radius 3 is 2.52 bits per heavy atom. The number of ether oxygens (including phenoxy) is 2. The maximum atomic E-state index is 12.8.